The van der Waals surface area contributed by atoms with E-state index in [0.29, 0.717) is 43.5 Å². The molecule has 2 rings (SSSR count). The van der Waals surface area contributed by atoms with Crippen LogP contribution in [0.15, 0.2) is 29.2 Å². The number of halogens is 1. The molecular weight excluding hydrogens is 348 g/mol. The number of benzene rings is 1. The summed E-state index contributed by atoms with van der Waals surface area (Å²) in [5.74, 6) is 0.498. The minimum atomic E-state index is -3.52. The standard InChI is InChI=1S/C17H25ClN2O3S/c1-3-4-14(2)13-17(21)19-9-11-20(12-10-19)24(22,23)16-7-5-15(18)6-8-16/h5-8,14H,3-4,9-13H2,1-2H3. The van der Waals surface area contributed by atoms with Crippen molar-refractivity contribution in [3.63, 3.8) is 0 Å². The molecular formula is C17H25ClN2O3S. The van der Waals surface area contributed by atoms with Gasteiger partial charge in [-0.15, -0.1) is 0 Å². The molecule has 1 aliphatic heterocycles. The van der Waals surface area contributed by atoms with E-state index in [0.717, 1.165) is 12.8 Å². The Morgan fingerprint density at radius 2 is 1.75 bits per heavy atom. The number of carbonyl (C=O) groups excluding carboxylic acids is 1. The molecule has 0 aliphatic carbocycles. The van der Waals surface area contributed by atoms with Crippen molar-refractivity contribution < 1.29 is 13.2 Å². The zero-order valence-electron chi connectivity index (χ0n) is 14.2. The lowest BCUT2D eigenvalue weighted by Gasteiger charge is -2.34. The zero-order chi connectivity index (χ0) is 17.7. The molecule has 24 heavy (non-hydrogen) atoms. The number of hydrogen-bond donors (Lipinski definition) is 0. The topological polar surface area (TPSA) is 57.7 Å². The molecule has 0 saturated carbocycles. The number of piperazine rings is 1. The lowest BCUT2D eigenvalue weighted by molar-refractivity contribution is -0.133. The minimum absolute atomic E-state index is 0.125. The Labute approximate surface area is 149 Å². The smallest absolute Gasteiger partial charge is 0.243 e. The van der Waals surface area contributed by atoms with Crippen molar-refractivity contribution in [2.24, 2.45) is 5.92 Å². The van der Waals surface area contributed by atoms with Crippen molar-refractivity contribution in [3.8, 4) is 0 Å². The number of nitrogens with zero attached hydrogens (tertiary/aromatic N) is 2. The highest BCUT2D eigenvalue weighted by Crippen LogP contribution is 2.20. The molecule has 1 saturated heterocycles. The number of carbonyl (C=O) groups is 1. The summed E-state index contributed by atoms with van der Waals surface area (Å²) in [4.78, 5) is 14.3. The van der Waals surface area contributed by atoms with Crippen LogP contribution in [0.1, 0.15) is 33.1 Å². The second-order valence-electron chi connectivity index (χ2n) is 6.34. The molecule has 0 spiro atoms. The van der Waals surface area contributed by atoms with Crippen molar-refractivity contribution in [1.82, 2.24) is 9.21 Å². The Hall–Kier alpha value is -1.11. The van der Waals surface area contributed by atoms with Gasteiger partial charge in [0.15, 0.2) is 0 Å². The normalized spacial score (nSPS) is 17.7. The summed E-state index contributed by atoms with van der Waals surface area (Å²) in [6.07, 6.45) is 2.65. The van der Waals surface area contributed by atoms with Crippen LogP contribution >= 0.6 is 11.6 Å². The second-order valence-corrected chi connectivity index (χ2v) is 8.71. The first-order chi connectivity index (χ1) is 11.3. The molecule has 1 aromatic rings. The highest BCUT2D eigenvalue weighted by Gasteiger charge is 2.30. The van der Waals surface area contributed by atoms with Crippen LogP contribution in [0, 0.1) is 5.92 Å². The van der Waals surface area contributed by atoms with Crippen molar-refractivity contribution in [3.05, 3.63) is 29.3 Å². The van der Waals surface area contributed by atoms with Gasteiger partial charge in [0.05, 0.1) is 4.90 Å². The molecule has 1 aliphatic rings. The molecule has 1 aromatic carbocycles. The van der Waals surface area contributed by atoms with E-state index in [4.69, 9.17) is 11.6 Å². The van der Waals surface area contributed by atoms with Crippen LogP contribution in [0.25, 0.3) is 0 Å². The summed E-state index contributed by atoms with van der Waals surface area (Å²) in [5.41, 5.74) is 0. The molecule has 1 heterocycles. The van der Waals surface area contributed by atoms with Gasteiger partial charge >= 0.3 is 0 Å². The number of rotatable bonds is 6. The van der Waals surface area contributed by atoms with Gasteiger partial charge in [0, 0.05) is 37.6 Å². The Morgan fingerprint density at radius 3 is 2.29 bits per heavy atom. The first-order valence-corrected chi connectivity index (χ1v) is 10.2. The molecule has 1 unspecified atom stereocenters. The van der Waals surface area contributed by atoms with Crippen LogP contribution in [0.5, 0.6) is 0 Å². The summed E-state index contributed by atoms with van der Waals surface area (Å²) < 4.78 is 26.7. The molecule has 0 aromatic heterocycles. The Balaban J connectivity index is 1.94. The van der Waals surface area contributed by atoms with E-state index < -0.39 is 10.0 Å². The van der Waals surface area contributed by atoms with E-state index in [2.05, 4.69) is 13.8 Å². The van der Waals surface area contributed by atoms with Gasteiger partial charge in [0.25, 0.3) is 0 Å². The minimum Gasteiger partial charge on any atom is -0.340 e. The van der Waals surface area contributed by atoms with Crippen molar-refractivity contribution in [2.45, 2.75) is 38.0 Å². The number of sulfonamides is 1. The maximum atomic E-state index is 12.6. The number of amides is 1. The van der Waals surface area contributed by atoms with E-state index in [9.17, 15) is 13.2 Å². The van der Waals surface area contributed by atoms with Gasteiger partial charge in [-0.1, -0.05) is 38.3 Å². The highest BCUT2D eigenvalue weighted by atomic mass is 35.5. The van der Waals surface area contributed by atoms with Crippen LogP contribution in [-0.2, 0) is 14.8 Å². The Morgan fingerprint density at radius 1 is 1.17 bits per heavy atom. The molecule has 0 bridgehead atoms. The quantitative estimate of drug-likeness (QED) is 0.771. The van der Waals surface area contributed by atoms with Gasteiger partial charge in [-0.3, -0.25) is 4.79 Å². The summed E-state index contributed by atoms with van der Waals surface area (Å²) >= 11 is 5.81. The zero-order valence-corrected chi connectivity index (χ0v) is 15.8. The molecule has 1 amide bonds. The fraction of sp³-hybridized carbons (Fsp3) is 0.588. The average molecular weight is 373 g/mol. The van der Waals surface area contributed by atoms with E-state index >= 15 is 0 Å². The van der Waals surface area contributed by atoms with Gasteiger partial charge < -0.3 is 4.90 Å². The molecule has 0 radical (unpaired) electrons. The second kappa shape index (κ2) is 8.32. The Bertz CT molecular complexity index is 653. The van der Waals surface area contributed by atoms with E-state index in [1.165, 1.54) is 16.4 Å². The van der Waals surface area contributed by atoms with Crippen molar-refractivity contribution in [1.29, 1.82) is 0 Å². The lowest BCUT2D eigenvalue weighted by Crippen LogP contribution is -2.50. The maximum Gasteiger partial charge on any atom is 0.243 e. The highest BCUT2D eigenvalue weighted by molar-refractivity contribution is 7.89. The van der Waals surface area contributed by atoms with Gasteiger partial charge in [0.1, 0.15) is 0 Å². The molecule has 1 fully saturated rings. The fourth-order valence-corrected chi connectivity index (χ4v) is 4.50. The predicted octanol–water partition coefficient (Wildman–Crippen LogP) is 3.00. The van der Waals surface area contributed by atoms with E-state index in [1.54, 1.807) is 17.0 Å². The Kier molecular flexibility index (Phi) is 6.66. The maximum absolute atomic E-state index is 12.6. The van der Waals surface area contributed by atoms with Crippen LogP contribution in [-0.4, -0.2) is 49.7 Å². The molecule has 5 nitrogen and oxygen atoms in total. The van der Waals surface area contributed by atoms with Crippen LogP contribution in [0.4, 0.5) is 0 Å². The number of hydrogen-bond acceptors (Lipinski definition) is 3. The largest absolute Gasteiger partial charge is 0.340 e. The van der Waals surface area contributed by atoms with Crippen LogP contribution in [0.2, 0.25) is 5.02 Å². The van der Waals surface area contributed by atoms with E-state index in [1.807, 2.05) is 0 Å². The lowest BCUT2D eigenvalue weighted by atomic mass is 10.0. The van der Waals surface area contributed by atoms with Crippen molar-refractivity contribution >= 4 is 27.5 Å². The SMILES string of the molecule is CCCC(C)CC(=O)N1CCN(S(=O)(=O)c2ccc(Cl)cc2)CC1. The van der Waals surface area contributed by atoms with Gasteiger partial charge in [0.2, 0.25) is 15.9 Å². The third kappa shape index (κ3) is 4.71. The molecule has 0 N–H and O–H groups in total. The van der Waals surface area contributed by atoms with Crippen molar-refractivity contribution in [2.75, 3.05) is 26.2 Å². The first kappa shape index (κ1) is 19.2. The summed E-state index contributed by atoms with van der Waals surface area (Å²) in [5, 5.41) is 0.505. The van der Waals surface area contributed by atoms with Gasteiger partial charge in [-0.05, 0) is 30.2 Å². The monoisotopic (exact) mass is 372 g/mol. The summed E-state index contributed by atoms with van der Waals surface area (Å²) in [7, 11) is -3.52. The predicted molar refractivity (Wildman–Crippen MR) is 95.5 cm³/mol. The first-order valence-electron chi connectivity index (χ1n) is 8.38. The third-order valence-corrected chi connectivity index (χ3v) is 6.51. The molecule has 1 atom stereocenters. The fourth-order valence-electron chi connectivity index (χ4n) is 2.96. The van der Waals surface area contributed by atoms with Gasteiger partial charge in [-0.2, -0.15) is 4.31 Å². The van der Waals surface area contributed by atoms with E-state index in [-0.39, 0.29) is 10.8 Å². The van der Waals surface area contributed by atoms with Gasteiger partial charge in [-0.25, -0.2) is 8.42 Å². The van der Waals surface area contributed by atoms with Crippen LogP contribution < -0.4 is 0 Å². The summed E-state index contributed by atoms with van der Waals surface area (Å²) in [6, 6.07) is 6.18. The summed E-state index contributed by atoms with van der Waals surface area (Å²) in [6.45, 7) is 5.76. The van der Waals surface area contributed by atoms with Crippen LogP contribution in [0.3, 0.4) is 0 Å². The average Bonchev–Trinajstić information content (AvgIpc) is 2.55. The molecule has 134 valence electrons. The molecule has 7 heteroatoms. The third-order valence-electron chi connectivity index (χ3n) is 4.35.